The van der Waals surface area contributed by atoms with Crippen LogP contribution >= 0.6 is 11.6 Å². The van der Waals surface area contributed by atoms with Crippen LogP contribution in [0.25, 0.3) is 0 Å². The summed E-state index contributed by atoms with van der Waals surface area (Å²) in [4.78, 5) is 14.0. The average Bonchev–Trinajstić information content (AvgIpc) is 2.34. The number of rotatable bonds is 5. The fraction of sp³-hybridized carbons (Fsp3) is 0.917. The smallest absolute Gasteiger partial charge is 0.240 e. The lowest BCUT2D eigenvalue weighted by molar-refractivity contribution is -0.136. The molecule has 0 saturated carbocycles. The van der Waals surface area contributed by atoms with E-state index in [1.165, 1.54) is 6.42 Å². The number of ether oxygens (including phenoxy) is 1. The van der Waals surface area contributed by atoms with Crippen molar-refractivity contribution in [1.29, 1.82) is 0 Å². The number of likely N-dealkylation sites (tertiary alicyclic amines) is 1. The van der Waals surface area contributed by atoms with Crippen LogP contribution in [0.4, 0.5) is 0 Å². The molecule has 4 heteroatoms. The first kappa shape index (κ1) is 13.8. The third-order valence-corrected chi connectivity index (χ3v) is 3.55. The van der Waals surface area contributed by atoms with E-state index in [0.29, 0.717) is 19.6 Å². The van der Waals surface area contributed by atoms with Gasteiger partial charge in [0.05, 0.1) is 12.6 Å². The summed E-state index contributed by atoms with van der Waals surface area (Å²) in [5, 5.41) is -0.373. The molecular formula is C12H22ClNO2. The third kappa shape index (κ3) is 3.63. The second-order valence-electron chi connectivity index (χ2n) is 4.22. The van der Waals surface area contributed by atoms with Gasteiger partial charge < -0.3 is 9.64 Å². The Balaban J connectivity index is 2.55. The lowest BCUT2D eigenvalue weighted by Gasteiger charge is -2.36. The summed E-state index contributed by atoms with van der Waals surface area (Å²) in [6.07, 6.45) is 4.00. The van der Waals surface area contributed by atoms with Gasteiger partial charge in [0.15, 0.2) is 0 Å². The first-order chi connectivity index (χ1) is 7.70. The molecule has 16 heavy (non-hydrogen) atoms. The maximum Gasteiger partial charge on any atom is 0.240 e. The van der Waals surface area contributed by atoms with E-state index in [2.05, 4.69) is 0 Å². The number of nitrogens with zero attached hydrogens (tertiary/aromatic N) is 1. The second kappa shape index (κ2) is 7.13. The molecule has 1 aliphatic rings. The van der Waals surface area contributed by atoms with Gasteiger partial charge in [-0.25, -0.2) is 0 Å². The van der Waals surface area contributed by atoms with Crippen molar-refractivity contribution >= 4 is 17.5 Å². The first-order valence-electron chi connectivity index (χ1n) is 6.23. The molecular weight excluding hydrogens is 226 g/mol. The highest BCUT2D eigenvalue weighted by Crippen LogP contribution is 2.20. The van der Waals surface area contributed by atoms with Gasteiger partial charge in [-0.15, -0.1) is 11.6 Å². The predicted octanol–water partition coefficient (Wildman–Crippen LogP) is 2.42. The lowest BCUT2D eigenvalue weighted by atomic mass is 10.0. The van der Waals surface area contributed by atoms with E-state index < -0.39 is 0 Å². The Hall–Kier alpha value is -0.280. The molecule has 1 aliphatic heterocycles. The number of piperidine rings is 1. The van der Waals surface area contributed by atoms with Crippen LogP contribution in [-0.2, 0) is 9.53 Å². The second-order valence-corrected chi connectivity index (χ2v) is 4.74. The van der Waals surface area contributed by atoms with Gasteiger partial charge in [0.1, 0.15) is 5.38 Å². The fourth-order valence-corrected chi connectivity index (χ4v) is 2.20. The van der Waals surface area contributed by atoms with Gasteiger partial charge in [-0.05, 0) is 32.6 Å². The van der Waals surface area contributed by atoms with Gasteiger partial charge in [-0.3, -0.25) is 4.79 Å². The standard InChI is InChI=1S/C12H22ClNO2/c1-3-11(13)12(15)14-8-6-5-7-10(14)9-16-4-2/h10-11H,3-9H2,1-2H3/t10-,11-/m1/s1. The molecule has 1 amide bonds. The minimum Gasteiger partial charge on any atom is -0.380 e. The van der Waals surface area contributed by atoms with Crippen molar-refractivity contribution in [2.75, 3.05) is 19.8 Å². The SMILES string of the molecule is CCOC[C@H]1CCCCN1C(=O)[C@H](Cl)CC. The molecule has 1 fully saturated rings. The van der Waals surface area contributed by atoms with Gasteiger partial charge in [-0.1, -0.05) is 6.92 Å². The summed E-state index contributed by atoms with van der Waals surface area (Å²) in [6, 6.07) is 0.231. The predicted molar refractivity (Wildman–Crippen MR) is 65.8 cm³/mol. The molecule has 1 rings (SSSR count). The van der Waals surface area contributed by atoms with Crippen molar-refractivity contribution in [3.05, 3.63) is 0 Å². The van der Waals surface area contributed by atoms with E-state index in [4.69, 9.17) is 16.3 Å². The number of amides is 1. The van der Waals surface area contributed by atoms with Crippen molar-refractivity contribution in [3.8, 4) is 0 Å². The molecule has 0 radical (unpaired) electrons. The summed E-state index contributed by atoms with van der Waals surface area (Å²) < 4.78 is 5.43. The Kier molecular flexibility index (Phi) is 6.14. The number of hydrogen-bond acceptors (Lipinski definition) is 2. The van der Waals surface area contributed by atoms with E-state index in [1.54, 1.807) is 0 Å². The normalized spacial score (nSPS) is 23.2. The molecule has 0 aromatic rings. The fourth-order valence-electron chi connectivity index (χ4n) is 2.07. The first-order valence-corrected chi connectivity index (χ1v) is 6.66. The summed E-state index contributed by atoms with van der Waals surface area (Å²) in [5.41, 5.74) is 0. The zero-order valence-corrected chi connectivity index (χ0v) is 11.0. The molecule has 0 bridgehead atoms. The van der Waals surface area contributed by atoms with Crippen LogP contribution in [0.5, 0.6) is 0 Å². The molecule has 0 aromatic carbocycles. The van der Waals surface area contributed by atoms with Gasteiger partial charge in [0.2, 0.25) is 5.91 Å². The van der Waals surface area contributed by atoms with Crippen molar-refractivity contribution < 1.29 is 9.53 Å². The van der Waals surface area contributed by atoms with Gasteiger partial charge in [0.25, 0.3) is 0 Å². The van der Waals surface area contributed by atoms with E-state index >= 15 is 0 Å². The van der Waals surface area contributed by atoms with E-state index in [9.17, 15) is 4.79 Å². The monoisotopic (exact) mass is 247 g/mol. The topological polar surface area (TPSA) is 29.5 Å². The summed E-state index contributed by atoms with van der Waals surface area (Å²) >= 11 is 6.02. The average molecular weight is 248 g/mol. The number of halogens is 1. The van der Waals surface area contributed by atoms with Crippen LogP contribution in [0.3, 0.4) is 0 Å². The number of alkyl halides is 1. The van der Waals surface area contributed by atoms with Crippen LogP contribution < -0.4 is 0 Å². The number of hydrogen-bond donors (Lipinski definition) is 0. The minimum absolute atomic E-state index is 0.0774. The maximum absolute atomic E-state index is 12.0. The Morgan fingerprint density at radius 1 is 1.50 bits per heavy atom. The largest absolute Gasteiger partial charge is 0.380 e. The van der Waals surface area contributed by atoms with Gasteiger partial charge in [0, 0.05) is 13.2 Å². The molecule has 1 heterocycles. The molecule has 3 nitrogen and oxygen atoms in total. The van der Waals surface area contributed by atoms with E-state index in [1.807, 2.05) is 18.7 Å². The molecule has 0 spiro atoms. The highest BCUT2D eigenvalue weighted by atomic mass is 35.5. The van der Waals surface area contributed by atoms with Crippen molar-refractivity contribution in [3.63, 3.8) is 0 Å². The van der Waals surface area contributed by atoms with Crippen molar-refractivity contribution in [1.82, 2.24) is 4.90 Å². The van der Waals surface area contributed by atoms with Crippen LogP contribution in [0.2, 0.25) is 0 Å². The lowest BCUT2D eigenvalue weighted by Crippen LogP contribution is -2.48. The Bertz CT molecular complexity index is 223. The Labute approximate surface area is 103 Å². The molecule has 0 N–H and O–H groups in total. The summed E-state index contributed by atoms with van der Waals surface area (Å²) in [5.74, 6) is 0.0774. The molecule has 1 saturated heterocycles. The number of carbonyl (C=O) groups excluding carboxylic acids is 1. The van der Waals surface area contributed by atoms with Gasteiger partial charge >= 0.3 is 0 Å². The molecule has 94 valence electrons. The van der Waals surface area contributed by atoms with Gasteiger partial charge in [-0.2, -0.15) is 0 Å². The minimum atomic E-state index is -0.373. The highest BCUT2D eigenvalue weighted by molar-refractivity contribution is 6.30. The van der Waals surface area contributed by atoms with Crippen LogP contribution in [0.1, 0.15) is 39.5 Å². The Morgan fingerprint density at radius 3 is 2.88 bits per heavy atom. The molecule has 0 unspecified atom stereocenters. The summed E-state index contributed by atoms with van der Waals surface area (Å²) in [7, 11) is 0. The van der Waals surface area contributed by atoms with Crippen LogP contribution in [-0.4, -0.2) is 42.0 Å². The quantitative estimate of drug-likeness (QED) is 0.699. The van der Waals surface area contributed by atoms with E-state index in [0.717, 1.165) is 19.4 Å². The van der Waals surface area contributed by atoms with E-state index in [-0.39, 0.29) is 17.3 Å². The maximum atomic E-state index is 12.0. The van der Waals surface area contributed by atoms with Crippen molar-refractivity contribution in [2.45, 2.75) is 50.9 Å². The molecule has 0 aromatic heterocycles. The molecule has 2 atom stereocenters. The highest BCUT2D eigenvalue weighted by Gasteiger charge is 2.29. The third-order valence-electron chi connectivity index (χ3n) is 3.05. The molecule has 0 aliphatic carbocycles. The van der Waals surface area contributed by atoms with Crippen molar-refractivity contribution in [2.24, 2.45) is 0 Å². The number of carbonyl (C=O) groups is 1. The zero-order chi connectivity index (χ0) is 12.0. The Morgan fingerprint density at radius 2 is 2.25 bits per heavy atom. The summed E-state index contributed by atoms with van der Waals surface area (Å²) in [6.45, 7) is 6.11. The van der Waals surface area contributed by atoms with Crippen LogP contribution in [0, 0.1) is 0 Å². The van der Waals surface area contributed by atoms with Crippen LogP contribution in [0.15, 0.2) is 0 Å². The zero-order valence-electron chi connectivity index (χ0n) is 10.2.